The van der Waals surface area contributed by atoms with Gasteiger partial charge in [0.05, 0.1) is 12.0 Å². The third-order valence-corrected chi connectivity index (χ3v) is 2.30. The molecule has 0 aromatic carbocycles. The third kappa shape index (κ3) is 5.29. The molecule has 6 nitrogen and oxygen atoms in total. The van der Waals surface area contributed by atoms with Crippen LogP contribution >= 0.6 is 38.9 Å². The van der Waals surface area contributed by atoms with Crippen LogP contribution in [-0.4, -0.2) is 11.8 Å². The van der Waals surface area contributed by atoms with Gasteiger partial charge in [0.2, 0.25) is 5.91 Å². The largest absolute Gasteiger partial charge is 0.426 e. The van der Waals surface area contributed by atoms with Crippen molar-refractivity contribution in [2.45, 2.75) is 19.8 Å². The third-order valence-electron chi connectivity index (χ3n) is 2.30. The number of fused-ring (bicyclic) bond motifs is 1. The Balaban J connectivity index is 0.000000347. The Kier molecular flexibility index (Phi) is 5.83. The fourth-order valence-corrected chi connectivity index (χ4v) is 1.65. The second kappa shape index (κ2) is 6.76. The van der Waals surface area contributed by atoms with E-state index in [0.717, 1.165) is 0 Å². The van der Waals surface area contributed by atoms with E-state index in [1.807, 2.05) is 6.92 Å². The van der Waals surface area contributed by atoms with E-state index < -0.39 is 22.6 Å². The number of nitrogens with one attached hydrogen (secondary N) is 1. The summed E-state index contributed by atoms with van der Waals surface area (Å²) in [6.07, 6.45) is 0.500. The molecule has 0 fully saturated rings. The van der Waals surface area contributed by atoms with E-state index in [-0.39, 0.29) is 12.2 Å². The summed E-state index contributed by atoms with van der Waals surface area (Å²) in [4.78, 5) is 33.7. The quantitative estimate of drug-likeness (QED) is 0.614. The van der Waals surface area contributed by atoms with E-state index in [2.05, 4.69) is 39.0 Å². The van der Waals surface area contributed by atoms with Gasteiger partial charge in [0, 0.05) is 6.07 Å². The van der Waals surface area contributed by atoms with Gasteiger partial charge >= 0.3 is 10.8 Å². The van der Waals surface area contributed by atoms with Gasteiger partial charge < -0.3 is 4.42 Å². The van der Waals surface area contributed by atoms with Crippen LogP contribution in [0, 0.1) is 0 Å². The number of halogens is 3. The summed E-state index contributed by atoms with van der Waals surface area (Å²) in [6, 6.07) is 1.29. The van der Waals surface area contributed by atoms with Gasteiger partial charge in [-0.3, -0.25) is 19.5 Å². The number of carbonyl (C=O) groups is 2. The highest BCUT2D eigenvalue weighted by Gasteiger charge is 2.27. The highest BCUT2D eigenvalue weighted by molar-refractivity contribution is 8.24. The first-order chi connectivity index (χ1) is 9.11. The lowest BCUT2D eigenvalue weighted by Gasteiger charge is -2.15. The van der Waals surface area contributed by atoms with Crippen molar-refractivity contribution in [3.8, 4) is 0 Å². The van der Waals surface area contributed by atoms with Gasteiger partial charge in [0.1, 0.15) is 5.76 Å². The molecule has 0 unspecified atom stereocenters. The van der Waals surface area contributed by atoms with Gasteiger partial charge in [-0.15, -0.1) is 0 Å². The average Bonchev–Trinajstić information content (AvgIpc) is 2.24. The second-order valence-electron chi connectivity index (χ2n) is 3.70. The summed E-state index contributed by atoms with van der Waals surface area (Å²) in [7, 11) is 0. The molecule has 1 aromatic heterocycles. The molecule has 110 valence electrons. The molecule has 1 aliphatic heterocycles. The molecule has 1 N–H and O–H groups in total. The molecule has 0 bridgehead atoms. The van der Waals surface area contributed by atoms with Crippen LogP contribution in [0.5, 0.6) is 0 Å². The van der Waals surface area contributed by atoms with E-state index in [1.165, 1.54) is 6.07 Å². The SMILES string of the molecule is CCc1cc(=O)oc2c1C(=O)NC(=O)C2.O=P(Cl)(Cl)Cl. The number of imide groups is 1. The topological polar surface area (TPSA) is 93.4 Å². The predicted octanol–water partition coefficient (Wildman–Crippen LogP) is 2.83. The minimum Gasteiger partial charge on any atom is -0.426 e. The van der Waals surface area contributed by atoms with Crippen molar-refractivity contribution in [1.82, 2.24) is 5.32 Å². The number of carbonyl (C=O) groups excluding carboxylic acids is 2. The van der Waals surface area contributed by atoms with E-state index in [9.17, 15) is 18.9 Å². The molecular formula is C10H9Cl3NO5P. The Labute approximate surface area is 128 Å². The fraction of sp³-hybridized carbons (Fsp3) is 0.300. The maximum atomic E-state index is 11.5. The molecule has 2 rings (SSSR count). The lowest BCUT2D eigenvalue weighted by molar-refractivity contribution is -0.120. The van der Waals surface area contributed by atoms with E-state index in [0.29, 0.717) is 17.5 Å². The molecule has 2 heterocycles. The van der Waals surface area contributed by atoms with E-state index in [4.69, 9.17) is 4.42 Å². The average molecular weight is 361 g/mol. The summed E-state index contributed by atoms with van der Waals surface area (Å²) >= 11 is 13.8. The van der Waals surface area contributed by atoms with Crippen LogP contribution in [0.25, 0.3) is 0 Å². The second-order valence-corrected chi connectivity index (χ2v) is 10.3. The molecule has 0 saturated heterocycles. The normalized spacial score (nSPS) is 14.0. The monoisotopic (exact) mass is 359 g/mol. The van der Waals surface area contributed by atoms with Crippen molar-refractivity contribution in [3.05, 3.63) is 33.4 Å². The van der Waals surface area contributed by atoms with Crippen molar-refractivity contribution in [1.29, 1.82) is 0 Å². The molecule has 2 amide bonds. The van der Waals surface area contributed by atoms with Gasteiger partial charge in [-0.05, 0) is 45.7 Å². The van der Waals surface area contributed by atoms with Crippen molar-refractivity contribution in [2.75, 3.05) is 0 Å². The van der Waals surface area contributed by atoms with Gasteiger partial charge in [0.25, 0.3) is 5.91 Å². The molecule has 0 aliphatic carbocycles. The molecular weight excluding hydrogens is 351 g/mol. The molecule has 10 heteroatoms. The number of aryl methyl sites for hydroxylation is 1. The zero-order valence-corrected chi connectivity index (χ0v) is 13.3. The van der Waals surface area contributed by atoms with Crippen LogP contribution in [0.3, 0.4) is 0 Å². The van der Waals surface area contributed by atoms with Crippen LogP contribution in [0.2, 0.25) is 0 Å². The standard InChI is InChI=1S/C10H9NO4.Cl3OP/c1-2-5-3-8(13)15-6-4-7(12)11-10(14)9(5)6;1-5(2,3)4/h3H,2,4H2,1H3,(H,11,12,14);. The smallest absolute Gasteiger partial charge is 0.339 e. The summed E-state index contributed by atoms with van der Waals surface area (Å²) in [5.41, 5.74) is 0.427. The lowest BCUT2D eigenvalue weighted by Crippen LogP contribution is -2.38. The van der Waals surface area contributed by atoms with Gasteiger partial charge in [-0.2, -0.15) is 0 Å². The van der Waals surface area contributed by atoms with Crippen molar-refractivity contribution >= 4 is 50.7 Å². The zero-order chi connectivity index (χ0) is 15.5. The molecule has 0 atom stereocenters. The highest BCUT2D eigenvalue weighted by atomic mass is 36.0. The minimum absolute atomic E-state index is 0.0514. The molecule has 0 saturated carbocycles. The Bertz CT molecular complexity index is 643. The predicted molar refractivity (Wildman–Crippen MR) is 75.7 cm³/mol. The Morgan fingerprint density at radius 1 is 1.30 bits per heavy atom. The first-order valence-corrected chi connectivity index (χ1v) is 9.73. The van der Waals surface area contributed by atoms with Crippen molar-refractivity contribution in [3.63, 3.8) is 0 Å². The van der Waals surface area contributed by atoms with Gasteiger partial charge in [-0.1, -0.05) is 6.92 Å². The Morgan fingerprint density at radius 3 is 2.35 bits per heavy atom. The summed E-state index contributed by atoms with van der Waals surface area (Å²) < 4.78 is 14.4. The first-order valence-electron chi connectivity index (χ1n) is 5.31. The van der Waals surface area contributed by atoms with Crippen LogP contribution in [0.15, 0.2) is 15.3 Å². The Morgan fingerprint density at radius 2 is 1.85 bits per heavy atom. The first kappa shape index (κ1) is 17.2. The van der Waals surface area contributed by atoms with Crippen LogP contribution < -0.4 is 10.9 Å². The summed E-state index contributed by atoms with van der Waals surface area (Å²) in [5, 5.41) is -1.03. The number of hydrogen-bond acceptors (Lipinski definition) is 5. The summed E-state index contributed by atoms with van der Waals surface area (Å²) in [6.45, 7) is 1.83. The van der Waals surface area contributed by atoms with Crippen LogP contribution in [-0.2, 0) is 22.2 Å². The van der Waals surface area contributed by atoms with Crippen LogP contribution in [0.4, 0.5) is 0 Å². The number of rotatable bonds is 1. The number of amides is 2. The minimum atomic E-state index is -3.22. The molecule has 0 spiro atoms. The maximum absolute atomic E-state index is 11.5. The maximum Gasteiger partial charge on any atom is 0.339 e. The van der Waals surface area contributed by atoms with Gasteiger partial charge in [0.15, 0.2) is 0 Å². The molecule has 20 heavy (non-hydrogen) atoms. The zero-order valence-electron chi connectivity index (χ0n) is 10.1. The van der Waals surface area contributed by atoms with Gasteiger partial charge in [-0.25, -0.2) is 4.79 Å². The van der Waals surface area contributed by atoms with Crippen molar-refractivity contribution < 1.29 is 18.6 Å². The molecule has 1 aliphatic rings. The van der Waals surface area contributed by atoms with Crippen molar-refractivity contribution in [2.24, 2.45) is 0 Å². The van der Waals surface area contributed by atoms with Crippen LogP contribution in [0.1, 0.15) is 28.6 Å². The summed E-state index contributed by atoms with van der Waals surface area (Å²) in [5.74, 6) is -0.751. The van der Waals surface area contributed by atoms with E-state index in [1.54, 1.807) is 0 Å². The van der Waals surface area contributed by atoms with E-state index >= 15 is 0 Å². The number of hydrogen-bond donors (Lipinski definition) is 1. The Hall–Kier alpha value is -0.810. The molecule has 0 radical (unpaired) electrons. The molecule has 1 aromatic rings. The lowest BCUT2D eigenvalue weighted by atomic mass is 10.0. The fourth-order valence-electron chi connectivity index (χ4n) is 1.65. The highest BCUT2D eigenvalue weighted by Crippen LogP contribution is 2.61.